The van der Waals surface area contributed by atoms with Crippen LogP contribution in [0.1, 0.15) is 19.8 Å². The van der Waals surface area contributed by atoms with Crippen LogP contribution in [0.2, 0.25) is 0 Å². The minimum absolute atomic E-state index is 0. The van der Waals surface area contributed by atoms with Crippen molar-refractivity contribution in [1.29, 1.82) is 0 Å². The molecule has 0 heterocycles. The molecule has 3 nitrogen and oxygen atoms in total. The first-order valence-electron chi connectivity index (χ1n) is 5.47. The van der Waals surface area contributed by atoms with E-state index in [1.54, 1.807) is 6.08 Å². The lowest BCUT2D eigenvalue weighted by molar-refractivity contribution is 0.471. The minimum Gasteiger partial charge on any atom is -0.357 e. The number of nitrogens with zero attached hydrogens (tertiary/aromatic N) is 2. The number of guanidine groups is 1. The van der Waals surface area contributed by atoms with E-state index >= 15 is 0 Å². The van der Waals surface area contributed by atoms with Crippen molar-refractivity contribution in [2.24, 2.45) is 4.99 Å². The van der Waals surface area contributed by atoms with Crippen LogP contribution in [0.4, 0.5) is 0 Å². The molecule has 0 spiro atoms. The Morgan fingerprint density at radius 2 is 2.06 bits per heavy atom. The molecular weight excluding hydrogens is 313 g/mol. The highest BCUT2D eigenvalue weighted by molar-refractivity contribution is 14.0. The van der Waals surface area contributed by atoms with Crippen molar-refractivity contribution < 1.29 is 0 Å². The molecule has 0 atom stereocenters. The van der Waals surface area contributed by atoms with E-state index in [1.807, 2.05) is 13.1 Å². The van der Waals surface area contributed by atoms with Gasteiger partial charge in [0.25, 0.3) is 0 Å². The zero-order chi connectivity index (χ0) is 11.5. The fraction of sp³-hybridized carbons (Fsp3) is 0.583. The lowest BCUT2D eigenvalue weighted by Crippen LogP contribution is -2.39. The summed E-state index contributed by atoms with van der Waals surface area (Å²) in [5, 5.41) is 3.25. The van der Waals surface area contributed by atoms with Gasteiger partial charge in [-0.1, -0.05) is 12.2 Å². The summed E-state index contributed by atoms with van der Waals surface area (Å²) in [6, 6.07) is 0. The highest BCUT2D eigenvalue weighted by Gasteiger charge is 2.03. The van der Waals surface area contributed by atoms with Gasteiger partial charge in [-0.15, -0.1) is 37.1 Å². The molecule has 94 valence electrons. The van der Waals surface area contributed by atoms with E-state index in [9.17, 15) is 0 Å². The van der Waals surface area contributed by atoms with Gasteiger partial charge in [0.15, 0.2) is 5.96 Å². The molecule has 4 heteroatoms. The molecule has 0 aliphatic carbocycles. The summed E-state index contributed by atoms with van der Waals surface area (Å²) in [5.41, 5.74) is 0. The summed E-state index contributed by atoms with van der Waals surface area (Å²) in [6.45, 7) is 12.0. The minimum atomic E-state index is 0. The van der Waals surface area contributed by atoms with Crippen LogP contribution in [0.15, 0.2) is 30.3 Å². The first kappa shape index (κ1) is 17.9. The Bertz CT molecular complexity index is 214. The molecule has 16 heavy (non-hydrogen) atoms. The summed E-state index contributed by atoms with van der Waals surface area (Å²) in [7, 11) is 2.05. The SMILES string of the molecule is C=CCCCN(C)C(=NCC=C)NCC.I. The first-order valence-corrected chi connectivity index (χ1v) is 5.47. The molecular formula is C12H24IN3. The van der Waals surface area contributed by atoms with E-state index in [1.165, 1.54) is 0 Å². The van der Waals surface area contributed by atoms with Gasteiger partial charge in [-0.25, -0.2) is 4.99 Å². The fourth-order valence-electron chi connectivity index (χ4n) is 1.20. The summed E-state index contributed by atoms with van der Waals surface area (Å²) < 4.78 is 0. The van der Waals surface area contributed by atoms with Crippen LogP contribution in [-0.2, 0) is 0 Å². The Kier molecular flexibility index (Phi) is 14.0. The summed E-state index contributed by atoms with van der Waals surface area (Å²) in [4.78, 5) is 6.53. The number of nitrogens with one attached hydrogen (secondary N) is 1. The molecule has 0 saturated heterocycles. The van der Waals surface area contributed by atoms with E-state index in [0.717, 1.165) is 31.9 Å². The van der Waals surface area contributed by atoms with Gasteiger partial charge in [-0.3, -0.25) is 0 Å². The number of rotatable bonds is 7. The number of halogens is 1. The molecule has 0 radical (unpaired) electrons. The second-order valence-corrected chi connectivity index (χ2v) is 3.34. The van der Waals surface area contributed by atoms with Gasteiger partial charge in [0, 0.05) is 20.1 Å². The molecule has 0 aromatic rings. The lowest BCUT2D eigenvalue weighted by atomic mass is 10.3. The van der Waals surface area contributed by atoms with Crippen LogP contribution in [-0.4, -0.2) is 37.5 Å². The Morgan fingerprint density at radius 3 is 2.56 bits per heavy atom. The van der Waals surface area contributed by atoms with E-state index in [0.29, 0.717) is 6.54 Å². The van der Waals surface area contributed by atoms with E-state index < -0.39 is 0 Å². The molecule has 0 aromatic carbocycles. The number of hydrogen-bond acceptors (Lipinski definition) is 1. The predicted molar refractivity (Wildman–Crippen MR) is 83.7 cm³/mol. The molecule has 0 rings (SSSR count). The average molecular weight is 337 g/mol. The molecule has 0 amide bonds. The van der Waals surface area contributed by atoms with Gasteiger partial charge < -0.3 is 10.2 Å². The zero-order valence-corrected chi connectivity index (χ0v) is 12.7. The quantitative estimate of drug-likeness (QED) is 0.254. The van der Waals surface area contributed by atoms with Gasteiger partial charge >= 0.3 is 0 Å². The molecule has 0 unspecified atom stereocenters. The van der Waals surface area contributed by atoms with Crippen molar-refractivity contribution in [2.75, 3.05) is 26.7 Å². The Morgan fingerprint density at radius 1 is 1.38 bits per heavy atom. The second-order valence-electron chi connectivity index (χ2n) is 3.34. The highest BCUT2D eigenvalue weighted by atomic mass is 127. The van der Waals surface area contributed by atoms with Crippen molar-refractivity contribution in [3.63, 3.8) is 0 Å². The molecule has 0 saturated carbocycles. The van der Waals surface area contributed by atoms with Gasteiger partial charge in [0.05, 0.1) is 6.54 Å². The lowest BCUT2D eigenvalue weighted by Gasteiger charge is -2.21. The van der Waals surface area contributed by atoms with Crippen molar-refractivity contribution in [2.45, 2.75) is 19.8 Å². The maximum absolute atomic E-state index is 4.40. The van der Waals surface area contributed by atoms with Gasteiger partial charge in [0.1, 0.15) is 0 Å². The first-order chi connectivity index (χ1) is 7.26. The maximum Gasteiger partial charge on any atom is 0.193 e. The topological polar surface area (TPSA) is 27.6 Å². The summed E-state index contributed by atoms with van der Waals surface area (Å²) >= 11 is 0. The largest absolute Gasteiger partial charge is 0.357 e. The third-order valence-corrected chi connectivity index (χ3v) is 1.97. The van der Waals surface area contributed by atoms with E-state index in [4.69, 9.17) is 0 Å². The zero-order valence-electron chi connectivity index (χ0n) is 10.4. The van der Waals surface area contributed by atoms with Gasteiger partial charge in [-0.05, 0) is 19.8 Å². The Balaban J connectivity index is 0. The van der Waals surface area contributed by atoms with E-state index in [2.05, 4.69) is 35.3 Å². The van der Waals surface area contributed by atoms with Crippen molar-refractivity contribution in [3.8, 4) is 0 Å². The normalized spacial score (nSPS) is 10.2. The second kappa shape index (κ2) is 12.5. The Labute approximate surface area is 117 Å². The average Bonchev–Trinajstić information content (AvgIpc) is 2.24. The number of aliphatic imine (C=N–C) groups is 1. The molecule has 0 aliphatic heterocycles. The summed E-state index contributed by atoms with van der Waals surface area (Å²) in [5.74, 6) is 0.946. The molecule has 0 aliphatic rings. The molecule has 0 fully saturated rings. The third kappa shape index (κ3) is 8.76. The van der Waals surface area contributed by atoms with Crippen LogP contribution in [0.3, 0.4) is 0 Å². The molecule has 1 N–H and O–H groups in total. The monoisotopic (exact) mass is 337 g/mol. The van der Waals surface area contributed by atoms with Gasteiger partial charge in [0.2, 0.25) is 0 Å². The fourth-order valence-corrected chi connectivity index (χ4v) is 1.20. The maximum atomic E-state index is 4.40. The van der Waals surface area contributed by atoms with Crippen LogP contribution < -0.4 is 5.32 Å². The number of unbranched alkanes of at least 4 members (excludes halogenated alkanes) is 1. The number of hydrogen-bond donors (Lipinski definition) is 1. The summed E-state index contributed by atoms with van der Waals surface area (Å²) in [6.07, 6.45) is 5.90. The standard InChI is InChI=1S/C12H23N3.HI/c1-5-8-9-11-15(4)12(13-7-3)14-10-6-2;/h5-6H,1-2,7-11H2,3-4H3,(H,13,14);1H. The predicted octanol–water partition coefficient (Wildman–Crippen LogP) is 2.65. The van der Waals surface area contributed by atoms with Crippen LogP contribution in [0.5, 0.6) is 0 Å². The van der Waals surface area contributed by atoms with Crippen molar-refractivity contribution in [1.82, 2.24) is 10.2 Å². The van der Waals surface area contributed by atoms with Gasteiger partial charge in [-0.2, -0.15) is 0 Å². The van der Waals surface area contributed by atoms with Crippen LogP contribution >= 0.6 is 24.0 Å². The highest BCUT2D eigenvalue weighted by Crippen LogP contribution is 1.94. The third-order valence-electron chi connectivity index (χ3n) is 1.97. The smallest absolute Gasteiger partial charge is 0.193 e. The molecule has 0 aromatic heterocycles. The number of allylic oxidation sites excluding steroid dienone is 1. The van der Waals surface area contributed by atoms with Crippen LogP contribution in [0.25, 0.3) is 0 Å². The van der Waals surface area contributed by atoms with Crippen molar-refractivity contribution >= 4 is 29.9 Å². The van der Waals surface area contributed by atoms with Crippen LogP contribution in [0, 0.1) is 0 Å². The van der Waals surface area contributed by atoms with Crippen molar-refractivity contribution in [3.05, 3.63) is 25.3 Å². The van der Waals surface area contributed by atoms with E-state index in [-0.39, 0.29) is 24.0 Å². The Hall–Kier alpha value is -0.520. The molecule has 0 bridgehead atoms.